The maximum atomic E-state index is 14.6. The lowest BCUT2D eigenvalue weighted by molar-refractivity contribution is 0.558. The van der Waals surface area contributed by atoms with Gasteiger partial charge in [0.05, 0.1) is 0 Å². The molecule has 0 nitrogen and oxygen atoms in total. The van der Waals surface area contributed by atoms with E-state index in [0.29, 0.717) is 12.0 Å². The molecule has 0 N–H and O–H groups in total. The molecule has 0 rings (SSSR count). The van der Waals surface area contributed by atoms with Crippen molar-refractivity contribution in [2.75, 3.05) is 0 Å². The van der Waals surface area contributed by atoms with Gasteiger partial charge in [-0.25, -0.2) is 17.6 Å². The molecule has 0 saturated heterocycles. The van der Waals surface area contributed by atoms with Crippen LogP contribution in [0.15, 0.2) is 133 Å². The van der Waals surface area contributed by atoms with Gasteiger partial charge in [-0.15, -0.1) is 6.58 Å². The van der Waals surface area contributed by atoms with Crippen molar-refractivity contribution in [2.24, 2.45) is 5.92 Å². The van der Waals surface area contributed by atoms with Gasteiger partial charge in [0.15, 0.2) is 23.3 Å². The zero-order valence-corrected chi connectivity index (χ0v) is 18.6. The molecule has 0 spiro atoms. The van der Waals surface area contributed by atoms with Crippen LogP contribution in [0, 0.1) is 5.92 Å². The summed E-state index contributed by atoms with van der Waals surface area (Å²) in [5, 5.41) is 0. The molecule has 0 aliphatic rings. The van der Waals surface area contributed by atoms with Gasteiger partial charge in [-0.3, -0.25) is 0 Å². The smallest absolute Gasteiger partial charge is 0.166 e. The van der Waals surface area contributed by atoms with Crippen molar-refractivity contribution in [3.8, 4) is 0 Å². The van der Waals surface area contributed by atoms with Crippen LogP contribution >= 0.6 is 0 Å². The van der Waals surface area contributed by atoms with Crippen molar-refractivity contribution in [1.82, 2.24) is 0 Å². The standard InChI is InChI=1S/C27H30F4/c1-11-17(4)12-13-18(5)22(9)26(30)27(31)23(10)20(7)15-14-19(6)21(8)25(29)24(28)16(2)3/h11,13-15,17H,1-2,6-10,12H2,3-5H3/b15-14-,18-13+,25-24-,27-26-. The predicted molar refractivity (Wildman–Crippen MR) is 126 cm³/mol. The van der Waals surface area contributed by atoms with Crippen LogP contribution in [0.4, 0.5) is 17.6 Å². The number of rotatable bonds is 12. The van der Waals surface area contributed by atoms with Crippen molar-refractivity contribution < 1.29 is 17.6 Å². The second kappa shape index (κ2) is 12.5. The van der Waals surface area contributed by atoms with Crippen molar-refractivity contribution in [3.63, 3.8) is 0 Å². The third kappa shape index (κ3) is 8.25. The first-order valence-electron chi connectivity index (χ1n) is 9.46. The molecule has 0 amide bonds. The fourth-order valence-corrected chi connectivity index (χ4v) is 2.02. The van der Waals surface area contributed by atoms with Gasteiger partial charge >= 0.3 is 0 Å². The van der Waals surface area contributed by atoms with Crippen LogP contribution in [-0.2, 0) is 0 Å². The first kappa shape index (κ1) is 27.9. The molecule has 4 heteroatoms. The van der Waals surface area contributed by atoms with Crippen LogP contribution in [-0.4, -0.2) is 0 Å². The van der Waals surface area contributed by atoms with Gasteiger partial charge < -0.3 is 0 Å². The van der Waals surface area contributed by atoms with Gasteiger partial charge in [0.1, 0.15) is 0 Å². The van der Waals surface area contributed by atoms with E-state index in [1.54, 1.807) is 19.1 Å². The van der Waals surface area contributed by atoms with Crippen molar-refractivity contribution in [1.29, 1.82) is 0 Å². The first-order chi connectivity index (χ1) is 14.3. The Balaban J connectivity index is 5.47. The maximum Gasteiger partial charge on any atom is 0.166 e. The summed E-state index contributed by atoms with van der Waals surface area (Å²) in [4.78, 5) is 0. The minimum Gasteiger partial charge on any atom is -0.203 e. The average molecular weight is 431 g/mol. The Morgan fingerprint density at radius 1 is 0.710 bits per heavy atom. The highest BCUT2D eigenvalue weighted by molar-refractivity contribution is 5.55. The van der Waals surface area contributed by atoms with Crippen LogP contribution in [0.3, 0.4) is 0 Å². The van der Waals surface area contributed by atoms with Crippen molar-refractivity contribution in [3.05, 3.63) is 133 Å². The molecule has 0 bridgehead atoms. The van der Waals surface area contributed by atoms with E-state index in [9.17, 15) is 17.6 Å². The molecule has 0 radical (unpaired) electrons. The molecule has 166 valence electrons. The van der Waals surface area contributed by atoms with E-state index in [2.05, 4.69) is 46.1 Å². The summed E-state index contributed by atoms with van der Waals surface area (Å²) in [6.45, 7) is 29.6. The monoisotopic (exact) mass is 430 g/mol. The number of allylic oxidation sites excluding steroid dienone is 15. The minimum absolute atomic E-state index is 0.0149. The Morgan fingerprint density at radius 3 is 1.48 bits per heavy atom. The largest absolute Gasteiger partial charge is 0.203 e. The molecule has 0 aromatic rings. The Kier molecular flexibility index (Phi) is 11.3. The maximum absolute atomic E-state index is 14.6. The van der Waals surface area contributed by atoms with Crippen LogP contribution < -0.4 is 0 Å². The molecule has 0 aromatic carbocycles. The van der Waals surface area contributed by atoms with E-state index in [4.69, 9.17) is 0 Å². The highest BCUT2D eigenvalue weighted by Crippen LogP contribution is 2.31. The first-order valence-corrected chi connectivity index (χ1v) is 9.46. The zero-order valence-electron chi connectivity index (χ0n) is 18.6. The SMILES string of the molecule is C=CC(C)C/C=C(\C)C(=C)/C(F)=C(/F)C(=C)C(=C)/C=C\C(=C)C(=C)/C(F)=C(/F)C(=C)C. The quantitative estimate of drug-likeness (QED) is 0.164. The van der Waals surface area contributed by atoms with E-state index >= 15 is 0 Å². The molecule has 31 heavy (non-hydrogen) atoms. The van der Waals surface area contributed by atoms with E-state index < -0.39 is 23.3 Å². The second-order valence-corrected chi connectivity index (χ2v) is 7.19. The molecule has 1 unspecified atom stereocenters. The van der Waals surface area contributed by atoms with Crippen molar-refractivity contribution >= 4 is 0 Å². The van der Waals surface area contributed by atoms with E-state index in [-0.39, 0.29) is 39.4 Å². The second-order valence-electron chi connectivity index (χ2n) is 7.19. The van der Waals surface area contributed by atoms with Crippen molar-refractivity contribution in [2.45, 2.75) is 27.2 Å². The number of halogens is 4. The summed E-state index contributed by atoms with van der Waals surface area (Å²) in [5.74, 6) is -4.52. The van der Waals surface area contributed by atoms with E-state index in [0.717, 1.165) is 0 Å². The van der Waals surface area contributed by atoms with Gasteiger partial charge in [0, 0.05) is 16.7 Å². The highest BCUT2D eigenvalue weighted by atomic mass is 19.2. The molecular formula is C27H30F4. The lowest BCUT2D eigenvalue weighted by Gasteiger charge is -2.10. The van der Waals surface area contributed by atoms with E-state index in [1.165, 1.54) is 19.1 Å². The summed E-state index contributed by atoms with van der Waals surface area (Å²) >= 11 is 0. The Morgan fingerprint density at radius 2 is 1.10 bits per heavy atom. The zero-order chi connectivity index (χ0) is 24.5. The lowest BCUT2D eigenvalue weighted by Crippen LogP contribution is -1.94. The van der Waals surface area contributed by atoms with Crippen LogP contribution in [0.25, 0.3) is 0 Å². The van der Waals surface area contributed by atoms with Crippen LogP contribution in [0.5, 0.6) is 0 Å². The summed E-state index contributed by atoms with van der Waals surface area (Å²) in [5.41, 5.74) is -0.300. The third-order valence-corrected chi connectivity index (χ3v) is 4.49. The normalized spacial score (nSPS) is 14.4. The molecule has 0 aliphatic carbocycles. The summed E-state index contributed by atoms with van der Waals surface area (Å²) in [6.07, 6.45) is 6.63. The molecule has 0 heterocycles. The molecule has 0 saturated carbocycles. The van der Waals surface area contributed by atoms with Gasteiger partial charge in [-0.2, -0.15) is 0 Å². The Hall–Kier alpha value is -3.14. The average Bonchev–Trinajstić information content (AvgIpc) is 2.76. The van der Waals surface area contributed by atoms with Crippen LogP contribution in [0.2, 0.25) is 0 Å². The Labute approximate surface area is 183 Å². The number of hydrogen-bond acceptors (Lipinski definition) is 0. The molecule has 0 aromatic heterocycles. The molecular weight excluding hydrogens is 400 g/mol. The Bertz CT molecular complexity index is 946. The highest BCUT2D eigenvalue weighted by Gasteiger charge is 2.16. The van der Waals surface area contributed by atoms with Gasteiger partial charge in [-0.1, -0.05) is 70.7 Å². The molecule has 1 atom stereocenters. The fraction of sp³-hybridized carbons (Fsp3) is 0.185. The predicted octanol–water partition coefficient (Wildman–Crippen LogP) is 9.36. The summed E-state index contributed by atoms with van der Waals surface area (Å²) in [7, 11) is 0. The molecule has 0 aliphatic heterocycles. The number of hydrogen-bond donors (Lipinski definition) is 0. The summed E-state index contributed by atoms with van der Waals surface area (Å²) < 4.78 is 56.7. The minimum atomic E-state index is -1.21. The lowest BCUT2D eigenvalue weighted by atomic mass is 9.99. The van der Waals surface area contributed by atoms with Crippen LogP contribution in [0.1, 0.15) is 27.2 Å². The van der Waals surface area contributed by atoms with E-state index in [1.807, 2.05) is 6.92 Å². The fourth-order valence-electron chi connectivity index (χ4n) is 2.02. The topological polar surface area (TPSA) is 0 Å². The van der Waals surface area contributed by atoms with Gasteiger partial charge in [-0.05, 0) is 48.5 Å². The third-order valence-electron chi connectivity index (χ3n) is 4.49. The molecule has 0 fully saturated rings. The van der Waals surface area contributed by atoms with Gasteiger partial charge in [0.2, 0.25) is 0 Å². The summed E-state index contributed by atoms with van der Waals surface area (Å²) in [6, 6.07) is 0. The van der Waals surface area contributed by atoms with Gasteiger partial charge in [0.25, 0.3) is 0 Å².